The first-order valence-electron chi connectivity index (χ1n) is 17.3. The molecule has 0 heterocycles. The molecule has 0 amide bonds. The lowest BCUT2D eigenvalue weighted by Gasteiger charge is -2.35. The summed E-state index contributed by atoms with van der Waals surface area (Å²) in [5.41, 5.74) is 5.83. The molecule has 2 N–H and O–H groups in total. The molecule has 2 unspecified atom stereocenters. The number of aliphatic hydroxyl groups excluding tert-OH is 2. The predicted molar refractivity (Wildman–Crippen MR) is 204 cm³/mol. The summed E-state index contributed by atoms with van der Waals surface area (Å²) in [5.74, 6) is -0.123. The Kier molecular flexibility index (Phi) is 10.1. The van der Waals surface area contributed by atoms with Crippen molar-refractivity contribution in [2.45, 2.75) is 17.6 Å². The number of hydrogen-bond acceptors (Lipinski definition) is 8. The van der Waals surface area contributed by atoms with Gasteiger partial charge in [0.1, 0.15) is 50.1 Å². The number of aliphatic hydroxyl groups is 2. The van der Waals surface area contributed by atoms with E-state index in [4.69, 9.17) is 18.9 Å². The van der Waals surface area contributed by atoms with Crippen LogP contribution in [-0.4, -0.2) is 60.8 Å². The van der Waals surface area contributed by atoms with Crippen LogP contribution in [0.3, 0.4) is 0 Å². The third-order valence-corrected chi connectivity index (χ3v) is 9.54. The largest absolute Gasteiger partial charge is 0.491 e. The highest BCUT2D eigenvalue weighted by Gasteiger charge is 2.47. The third kappa shape index (κ3) is 6.78. The average Bonchev–Trinajstić information content (AvgIpc) is 3.52. The topological polar surface area (TPSA) is 112 Å². The second kappa shape index (κ2) is 15.2. The summed E-state index contributed by atoms with van der Waals surface area (Å²) < 4.78 is 21.7. The van der Waals surface area contributed by atoms with Gasteiger partial charge in [-0.15, -0.1) is 0 Å². The Labute approximate surface area is 307 Å². The summed E-state index contributed by atoms with van der Waals surface area (Å²) in [6.45, 7) is 6.20. The Morgan fingerprint density at radius 3 is 1.58 bits per heavy atom. The van der Waals surface area contributed by atoms with E-state index < -0.39 is 29.6 Å². The van der Waals surface area contributed by atoms with Crippen LogP contribution < -0.4 is 9.47 Å². The first-order valence-corrected chi connectivity index (χ1v) is 17.3. The Balaban J connectivity index is 1.33. The van der Waals surface area contributed by atoms with Crippen LogP contribution in [0.25, 0.3) is 32.7 Å². The van der Waals surface area contributed by atoms with Gasteiger partial charge in [-0.25, -0.2) is 9.59 Å². The van der Waals surface area contributed by atoms with Crippen molar-refractivity contribution in [1.29, 1.82) is 0 Å². The second-order valence-corrected chi connectivity index (χ2v) is 12.8. The van der Waals surface area contributed by atoms with Crippen LogP contribution in [0, 0.1) is 0 Å². The van der Waals surface area contributed by atoms with Gasteiger partial charge in [-0.1, -0.05) is 110 Å². The molecule has 0 fully saturated rings. The van der Waals surface area contributed by atoms with Gasteiger partial charge in [0, 0.05) is 12.2 Å². The maximum absolute atomic E-state index is 11.4. The number of carbonyl (C=O) groups excluding carboxylic acids is 2. The molecule has 0 bridgehead atoms. The number of fused-ring (bicyclic) bond motifs is 7. The first kappa shape index (κ1) is 35.2. The van der Waals surface area contributed by atoms with E-state index in [-0.39, 0.29) is 26.4 Å². The van der Waals surface area contributed by atoms with Gasteiger partial charge in [0.25, 0.3) is 0 Å². The van der Waals surface area contributed by atoms with E-state index in [1.54, 1.807) is 0 Å². The number of carbonyl (C=O) groups is 2. The van der Waals surface area contributed by atoms with Gasteiger partial charge in [0.05, 0.1) is 5.41 Å². The van der Waals surface area contributed by atoms with Gasteiger partial charge in [0.15, 0.2) is 0 Å². The number of rotatable bonds is 14. The summed E-state index contributed by atoms with van der Waals surface area (Å²) in [7, 11) is 0. The molecule has 2 atom stereocenters. The van der Waals surface area contributed by atoms with Gasteiger partial charge in [-0.05, 0) is 79.2 Å². The van der Waals surface area contributed by atoms with E-state index >= 15 is 0 Å². The van der Waals surface area contributed by atoms with Gasteiger partial charge in [-0.2, -0.15) is 0 Å². The molecule has 1 aliphatic carbocycles. The molecule has 8 nitrogen and oxygen atoms in total. The average molecular weight is 707 g/mol. The molecular weight excluding hydrogens is 668 g/mol. The minimum atomic E-state index is -1.01. The van der Waals surface area contributed by atoms with E-state index in [2.05, 4.69) is 104 Å². The van der Waals surface area contributed by atoms with Crippen LogP contribution in [0.15, 0.2) is 147 Å². The van der Waals surface area contributed by atoms with E-state index in [0.717, 1.165) is 61.5 Å². The van der Waals surface area contributed by atoms with E-state index in [1.165, 1.54) is 5.56 Å². The molecule has 53 heavy (non-hydrogen) atoms. The fourth-order valence-electron chi connectivity index (χ4n) is 7.22. The van der Waals surface area contributed by atoms with Crippen molar-refractivity contribution >= 4 is 33.5 Å². The summed E-state index contributed by atoms with van der Waals surface area (Å²) >= 11 is 0. The van der Waals surface area contributed by atoms with Crippen molar-refractivity contribution in [1.82, 2.24) is 0 Å². The van der Waals surface area contributed by atoms with Crippen LogP contribution in [0.2, 0.25) is 0 Å². The van der Waals surface area contributed by atoms with Crippen LogP contribution in [-0.2, 0) is 24.5 Å². The van der Waals surface area contributed by atoms with Crippen molar-refractivity contribution in [3.63, 3.8) is 0 Å². The van der Waals surface area contributed by atoms with Crippen LogP contribution in [0.1, 0.15) is 22.3 Å². The second-order valence-electron chi connectivity index (χ2n) is 12.8. The number of ether oxygens (including phenoxy) is 4. The summed E-state index contributed by atoms with van der Waals surface area (Å²) in [6, 6.07) is 41.4. The highest BCUT2D eigenvalue weighted by molar-refractivity contribution is 6.08. The van der Waals surface area contributed by atoms with Crippen LogP contribution in [0.4, 0.5) is 0 Å². The zero-order chi connectivity index (χ0) is 37.0. The van der Waals surface area contributed by atoms with Gasteiger partial charge < -0.3 is 29.2 Å². The minimum Gasteiger partial charge on any atom is -0.491 e. The molecule has 6 aromatic rings. The fraction of sp³-hybridized carbons (Fsp3) is 0.156. The zero-order valence-corrected chi connectivity index (χ0v) is 28.9. The Morgan fingerprint density at radius 2 is 1.06 bits per heavy atom. The van der Waals surface area contributed by atoms with Crippen molar-refractivity contribution in [3.8, 4) is 22.6 Å². The number of esters is 2. The van der Waals surface area contributed by atoms with Crippen molar-refractivity contribution in [2.75, 3.05) is 26.4 Å². The highest BCUT2D eigenvalue weighted by Crippen LogP contribution is 2.59. The van der Waals surface area contributed by atoms with Crippen molar-refractivity contribution < 1.29 is 38.7 Å². The van der Waals surface area contributed by atoms with Gasteiger partial charge in [0.2, 0.25) is 0 Å². The predicted octanol–water partition coefficient (Wildman–Crippen LogP) is 7.29. The van der Waals surface area contributed by atoms with Crippen molar-refractivity contribution in [3.05, 3.63) is 169 Å². The fourth-order valence-corrected chi connectivity index (χ4v) is 7.22. The SMILES string of the molecule is C=CC(=O)OCC(O)COc1ccc(C2(c3ccc(OCC(O)COC(=O)C=C)cc3)c3ccc4ccccc4c3-c3ccc4ccccc4c32)cc1. The molecule has 8 heteroatoms. The Bertz CT molecular complexity index is 2230. The van der Waals surface area contributed by atoms with E-state index in [1.807, 2.05) is 30.3 Å². The monoisotopic (exact) mass is 706 g/mol. The molecule has 0 saturated heterocycles. The standard InChI is InChI=1S/C45H38O8/c1-3-41(48)52-27-33(46)25-50-35-19-15-31(16-20-35)45(32-17-21-36(22-18-32)51-26-34(47)28-53-42(49)4-2)40-24-14-29-9-5-7-11-37(29)43(40)39-23-13-30-10-6-8-12-38(30)44(39)45/h3-24,33-34,46-47H,1-2,25-28H2. The molecule has 1 aliphatic rings. The maximum atomic E-state index is 11.4. The molecule has 6 aromatic carbocycles. The molecule has 0 saturated carbocycles. The van der Waals surface area contributed by atoms with Crippen molar-refractivity contribution in [2.24, 2.45) is 0 Å². The molecule has 0 aromatic heterocycles. The molecular formula is C45H38O8. The third-order valence-electron chi connectivity index (χ3n) is 9.54. The van der Waals surface area contributed by atoms with Gasteiger partial charge >= 0.3 is 11.9 Å². The molecule has 0 radical (unpaired) electrons. The lowest BCUT2D eigenvalue weighted by molar-refractivity contribution is -0.142. The zero-order valence-electron chi connectivity index (χ0n) is 28.9. The Hall–Kier alpha value is -6.22. The normalized spacial score (nSPS) is 15.5. The smallest absolute Gasteiger partial charge is 0.330 e. The molecule has 266 valence electrons. The Morgan fingerprint density at radius 1 is 0.585 bits per heavy atom. The molecule has 7 rings (SSSR count). The number of benzene rings is 6. The minimum absolute atomic E-state index is 0.0654. The first-order chi connectivity index (χ1) is 25.8. The van der Waals surface area contributed by atoms with Gasteiger partial charge in [-0.3, -0.25) is 0 Å². The maximum Gasteiger partial charge on any atom is 0.330 e. The van der Waals surface area contributed by atoms with Crippen LogP contribution in [0.5, 0.6) is 11.5 Å². The van der Waals surface area contributed by atoms with E-state index in [9.17, 15) is 19.8 Å². The van der Waals surface area contributed by atoms with Crippen LogP contribution >= 0.6 is 0 Å². The quantitative estimate of drug-likeness (QED) is 0.0896. The lowest BCUT2D eigenvalue weighted by atomic mass is 9.66. The molecule has 0 aliphatic heterocycles. The lowest BCUT2D eigenvalue weighted by Crippen LogP contribution is -2.29. The van der Waals surface area contributed by atoms with E-state index in [0.29, 0.717) is 11.5 Å². The highest BCUT2D eigenvalue weighted by atomic mass is 16.6. The summed E-state index contributed by atoms with van der Waals surface area (Å²) in [5, 5.41) is 25.2. The molecule has 0 spiro atoms. The summed E-state index contributed by atoms with van der Waals surface area (Å²) in [6.07, 6.45) is 0.0692. The number of hydrogen-bond donors (Lipinski definition) is 2. The summed E-state index contributed by atoms with van der Waals surface area (Å²) in [4.78, 5) is 22.9.